The summed E-state index contributed by atoms with van der Waals surface area (Å²) >= 11 is 0. The summed E-state index contributed by atoms with van der Waals surface area (Å²) < 4.78 is 0. The molecular formula is C23H30N2O3. The standard InChI is InChI=1S/C23H30N2O3/c1-18(2)23(28)25(17-20-12-7-4-8-13-20)21(22(27)24-14-9-15-26)16-19-10-5-3-6-11-19/h3-8,10-13,18,21,26H,9,14-17H2,1-2H3,(H,24,27)/t21-/m0/s1. The molecule has 1 atom stereocenters. The summed E-state index contributed by atoms with van der Waals surface area (Å²) in [6.45, 7) is 4.48. The van der Waals surface area contributed by atoms with Crippen molar-refractivity contribution in [3.8, 4) is 0 Å². The smallest absolute Gasteiger partial charge is 0.243 e. The predicted molar refractivity (Wildman–Crippen MR) is 110 cm³/mol. The first-order chi connectivity index (χ1) is 13.5. The number of hydrogen-bond donors (Lipinski definition) is 2. The molecular weight excluding hydrogens is 352 g/mol. The fraction of sp³-hybridized carbons (Fsp3) is 0.391. The molecule has 2 aromatic rings. The van der Waals surface area contributed by atoms with E-state index in [9.17, 15) is 9.59 Å². The van der Waals surface area contributed by atoms with E-state index in [1.54, 1.807) is 4.90 Å². The second-order valence-electron chi connectivity index (χ2n) is 7.18. The van der Waals surface area contributed by atoms with E-state index in [4.69, 9.17) is 5.11 Å². The average Bonchev–Trinajstić information content (AvgIpc) is 2.71. The number of benzene rings is 2. The van der Waals surface area contributed by atoms with Crippen molar-refractivity contribution in [3.05, 3.63) is 71.8 Å². The van der Waals surface area contributed by atoms with Gasteiger partial charge in [0.15, 0.2) is 0 Å². The molecule has 2 N–H and O–H groups in total. The average molecular weight is 383 g/mol. The van der Waals surface area contributed by atoms with Gasteiger partial charge in [-0.1, -0.05) is 74.5 Å². The van der Waals surface area contributed by atoms with Gasteiger partial charge in [0.1, 0.15) is 6.04 Å². The highest BCUT2D eigenvalue weighted by molar-refractivity contribution is 5.88. The van der Waals surface area contributed by atoms with Crippen LogP contribution in [0.4, 0.5) is 0 Å². The lowest BCUT2D eigenvalue weighted by molar-refractivity contribution is -0.143. The number of rotatable bonds is 10. The van der Waals surface area contributed by atoms with Gasteiger partial charge in [0.25, 0.3) is 0 Å². The largest absolute Gasteiger partial charge is 0.396 e. The molecule has 0 radical (unpaired) electrons. The zero-order chi connectivity index (χ0) is 20.4. The van der Waals surface area contributed by atoms with Crippen molar-refractivity contribution >= 4 is 11.8 Å². The van der Waals surface area contributed by atoms with Crippen LogP contribution >= 0.6 is 0 Å². The van der Waals surface area contributed by atoms with E-state index in [0.29, 0.717) is 25.9 Å². The lowest BCUT2D eigenvalue weighted by Crippen LogP contribution is -2.51. The normalized spacial score (nSPS) is 11.9. The molecule has 0 heterocycles. The third-order valence-electron chi connectivity index (χ3n) is 4.56. The maximum absolute atomic E-state index is 13.0. The molecule has 0 aliphatic rings. The fourth-order valence-electron chi connectivity index (χ4n) is 3.04. The molecule has 5 nitrogen and oxygen atoms in total. The van der Waals surface area contributed by atoms with Crippen LogP contribution in [0.3, 0.4) is 0 Å². The monoisotopic (exact) mass is 382 g/mol. The highest BCUT2D eigenvalue weighted by Crippen LogP contribution is 2.17. The Bertz CT molecular complexity index is 732. The molecule has 2 aromatic carbocycles. The van der Waals surface area contributed by atoms with Crippen LogP contribution in [0.15, 0.2) is 60.7 Å². The van der Waals surface area contributed by atoms with Crippen molar-refractivity contribution in [2.45, 2.75) is 39.3 Å². The number of carbonyl (C=O) groups excluding carboxylic acids is 2. The zero-order valence-electron chi connectivity index (χ0n) is 16.7. The maximum atomic E-state index is 13.0. The number of carbonyl (C=O) groups is 2. The SMILES string of the molecule is CC(C)C(=O)N(Cc1ccccc1)[C@@H](Cc1ccccc1)C(=O)NCCCO. The maximum Gasteiger partial charge on any atom is 0.243 e. The van der Waals surface area contributed by atoms with E-state index in [2.05, 4.69) is 5.32 Å². The van der Waals surface area contributed by atoms with Gasteiger partial charge in [-0.25, -0.2) is 0 Å². The van der Waals surface area contributed by atoms with Crippen LogP contribution in [0.25, 0.3) is 0 Å². The lowest BCUT2D eigenvalue weighted by atomic mass is 10.0. The summed E-state index contributed by atoms with van der Waals surface area (Å²) in [7, 11) is 0. The Morgan fingerprint density at radius 2 is 1.54 bits per heavy atom. The van der Waals surface area contributed by atoms with Gasteiger partial charge in [-0.05, 0) is 17.5 Å². The Labute approximate surface area is 167 Å². The highest BCUT2D eigenvalue weighted by Gasteiger charge is 2.31. The number of nitrogens with zero attached hydrogens (tertiary/aromatic N) is 1. The van der Waals surface area contributed by atoms with Gasteiger partial charge in [-0.2, -0.15) is 0 Å². The molecule has 0 spiro atoms. The van der Waals surface area contributed by atoms with Crippen molar-refractivity contribution < 1.29 is 14.7 Å². The first-order valence-electron chi connectivity index (χ1n) is 9.79. The third-order valence-corrected chi connectivity index (χ3v) is 4.56. The molecule has 0 fully saturated rings. The van der Waals surface area contributed by atoms with E-state index < -0.39 is 6.04 Å². The van der Waals surface area contributed by atoms with Gasteiger partial charge < -0.3 is 15.3 Å². The Balaban J connectivity index is 2.31. The van der Waals surface area contributed by atoms with Crippen LogP contribution in [-0.2, 0) is 22.6 Å². The van der Waals surface area contributed by atoms with Crippen molar-refractivity contribution in [3.63, 3.8) is 0 Å². The summed E-state index contributed by atoms with van der Waals surface area (Å²) in [6.07, 6.45) is 0.928. The lowest BCUT2D eigenvalue weighted by Gasteiger charge is -2.32. The summed E-state index contributed by atoms with van der Waals surface area (Å²) in [5, 5.41) is 11.9. The minimum Gasteiger partial charge on any atom is -0.396 e. The van der Waals surface area contributed by atoms with Crippen LogP contribution in [0, 0.1) is 5.92 Å². The molecule has 2 amide bonds. The van der Waals surface area contributed by atoms with Gasteiger partial charge in [0.05, 0.1) is 0 Å². The molecule has 0 aliphatic carbocycles. The Morgan fingerprint density at radius 1 is 0.964 bits per heavy atom. The van der Waals surface area contributed by atoms with Crippen molar-refractivity contribution in [1.82, 2.24) is 10.2 Å². The van der Waals surface area contributed by atoms with Gasteiger partial charge in [-0.15, -0.1) is 0 Å². The number of hydrogen-bond acceptors (Lipinski definition) is 3. The van der Waals surface area contributed by atoms with Gasteiger partial charge in [0.2, 0.25) is 11.8 Å². The number of aliphatic hydroxyl groups is 1. The second kappa shape index (κ2) is 11.2. The molecule has 28 heavy (non-hydrogen) atoms. The van der Waals surface area contributed by atoms with Crippen LogP contribution in [0.5, 0.6) is 0 Å². The summed E-state index contributed by atoms with van der Waals surface area (Å²) in [5.74, 6) is -0.462. The van der Waals surface area contributed by atoms with Crippen LogP contribution in [-0.4, -0.2) is 41.0 Å². The zero-order valence-corrected chi connectivity index (χ0v) is 16.7. The molecule has 0 aliphatic heterocycles. The first kappa shape index (κ1) is 21.6. The van der Waals surface area contributed by atoms with E-state index in [1.165, 1.54) is 0 Å². The minimum atomic E-state index is -0.615. The van der Waals surface area contributed by atoms with Crippen LogP contribution in [0.2, 0.25) is 0 Å². The van der Waals surface area contributed by atoms with Gasteiger partial charge in [0, 0.05) is 32.0 Å². The first-order valence-corrected chi connectivity index (χ1v) is 9.79. The third kappa shape index (κ3) is 6.50. The minimum absolute atomic E-state index is 0.0162. The number of nitrogens with one attached hydrogen (secondary N) is 1. The molecule has 5 heteroatoms. The fourth-order valence-corrected chi connectivity index (χ4v) is 3.04. The Kier molecular flexibility index (Phi) is 8.69. The quantitative estimate of drug-likeness (QED) is 0.621. The Hall–Kier alpha value is -2.66. The molecule has 150 valence electrons. The molecule has 0 unspecified atom stereocenters. The van der Waals surface area contributed by atoms with Crippen molar-refractivity contribution in [1.29, 1.82) is 0 Å². The second-order valence-corrected chi connectivity index (χ2v) is 7.18. The predicted octanol–water partition coefficient (Wildman–Crippen LogP) is 2.78. The van der Waals surface area contributed by atoms with Gasteiger partial charge >= 0.3 is 0 Å². The number of aliphatic hydroxyl groups excluding tert-OH is 1. The highest BCUT2D eigenvalue weighted by atomic mass is 16.3. The van der Waals surface area contributed by atoms with Crippen LogP contribution in [0.1, 0.15) is 31.4 Å². The molecule has 0 saturated heterocycles. The van der Waals surface area contributed by atoms with E-state index >= 15 is 0 Å². The molecule has 0 saturated carbocycles. The topological polar surface area (TPSA) is 69.6 Å². The van der Waals surface area contributed by atoms with Crippen molar-refractivity contribution in [2.75, 3.05) is 13.2 Å². The van der Waals surface area contributed by atoms with Crippen molar-refractivity contribution in [2.24, 2.45) is 5.92 Å². The Morgan fingerprint density at radius 3 is 2.07 bits per heavy atom. The summed E-state index contributed by atoms with van der Waals surface area (Å²) in [5.41, 5.74) is 1.98. The van der Waals surface area contributed by atoms with E-state index in [0.717, 1.165) is 11.1 Å². The van der Waals surface area contributed by atoms with Crippen LogP contribution < -0.4 is 5.32 Å². The number of amides is 2. The van der Waals surface area contributed by atoms with Gasteiger partial charge in [-0.3, -0.25) is 9.59 Å². The van der Waals surface area contributed by atoms with E-state index in [1.807, 2.05) is 74.5 Å². The van der Waals surface area contributed by atoms with E-state index in [-0.39, 0.29) is 24.3 Å². The molecule has 0 aromatic heterocycles. The summed E-state index contributed by atoms with van der Waals surface area (Å²) in [4.78, 5) is 27.7. The summed E-state index contributed by atoms with van der Waals surface area (Å²) in [6, 6.07) is 18.8. The molecule has 0 bridgehead atoms. The molecule has 2 rings (SSSR count).